The molecule has 0 spiro atoms. The predicted octanol–water partition coefficient (Wildman–Crippen LogP) is 5.92. The van der Waals surface area contributed by atoms with Crippen molar-refractivity contribution in [1.29, 1.82) is 0 Å². The van der Waals surface area contributed by atoms with Crippen molar-refractivity contribution in [3.05, 3.63) is 119 Å². The standard InChI is InChI=1S/C28H20ClNO4/c29-22-14-15-25(24(17-22)28(33)21-8-2-1-3-9-21)30-26(31)18-34-27(32)16-13-20-11-6-10-19-7-4-5-12-23(19)20/h1-17H,18H2,(H,30,31). The van der Waals surface area contributed by atoms with Crippen molar-refractivity contribution in [2.45, 2.75) is 0 Å². The molecular formula is C28H20ClNO4. The van der Waals surface area contributed by atoms with Gasteiger partial charge in [-0.1, -0.05) is 84.4 Å². The zero-order chi connectivity index (χ0) is 23.9. The lowest BCUT2D eigenvalue weighted by molar-refractivity contribution is -0.142. The van der Waals surface area contributed by atoms with Gasteiger partial charge < -0.3 is 10.1 Å². The molecule has 0 atom stereocenters. The fraction of sp³-hybridized carbons (Fsp3) is 0.0357. The van der Waals surface area contributed by atoms with Gasteiger partial charge in [-0.2, -0.15) is 0 Å². The number of rotatable bonds is 7. The van der Waals surface area contributed by atoms with Crippen LogP contribution in [-0.2, 0) is 14.3 Å². The lowest BCUT2D eigenvalue weighted by Crippen LogP contribution is -2.21. The summed E-state index contributed by atoms with van der Waals surface area (Å²) in [4.78, 5) is 37.4. The third kappa shape index (κ3) is 5.57. The number of ketones is 1. The second-order valence-corrected chi connectivity index (χ2v) is 7.88. The van der Waals surface area contributed by atoms with Crippen molar-refractivity contribution < 1.29 is 19.1 Å². The molecule has 1 amide bonds. The topological polar surface area (TPSA) is 72.5 Å². The molecule has 4 aromatic carbocycles. The van der Waals surface area contributed by atoms with Crippen LogP contribution in [0, 0.1) is 0 Å². The highest BCUT2D eigenvalue weighted by Crippen LogP contribution is 2.24. The molecule has 0 aliphatic carbocycles. The number of benzene rings is 4. The van der Waals surface area contributed by atoms with Crippen molar-refractivity contribution in [3.63, 3.8) is 0 Å². The molecule has 0 aromatic heterocycles. The van der Waals surface area contributed by atoms with Crippen LogP contribution in [0.1, 0.15) is 21.5 Å². The normalized spacial score (nSPS) is 10.9. The summed E-state index contributed by atoms with van der Waals surface area (Å²) >= 11 is 6.07. The van der Waals surface area contributed by atoms with Crippen LogP contribution in [0.5, 0.6) is 0 Å². The molecule has 4 rings (SSSR count). The molecule has 0 saturated heterocycles. The second kappa shape index (κ2) is 10.6. The van der Waals surface area contributed by atoms with Gasteiger partial charge in [-0.15, -0.1) is 0 Å². The number of esters is 1. The van der Waals surface area contributed by atoms with Crippen LogP contribution < -0.4 is 5.32 Å². The van der Waals surface area contributed by atoms with Gasteiger partial charge in [-0.05, 0) is 40.6 Å². The van der Waals surface area contributed by atoms with Gasteiger partial charge in [0.2, 0.25) is 0 Å². The van der Waals surface area contributed by atoms with Gasteiger partial charge >= 0.3 is 5.97 Å². The minimum atomic E-state index is -0.653. The summed E-state index contributed by atoms with van der Waals surface area (Å²) in [6.45, 7) is -0.500. The number of nitrogens with one attached hydrogen (secondary N) is 1. The summed E-state index contributed by atoms with van der Waals surface area (Å²) < 4.78 is 5.07. The van der Waals surface area contributed by atoms with E-state index in [2.05, 4.69) is 5.32 Å². The summed E-state index contributed by atoms with van der Waals surface area (Å²) in [5.74, 6) is -1.51. The van der Waals surface area contributed by atoms with E-state index in [0.717, 1.165) is 16.3 Å². The largest absolute Gasteiger partial charge is 0.452 e. The zero-order valence-electron chi connectivity index (χ0n) is 18.0. The van der Waals surface area contributed by atoms with Crippen LogP contribution in [0.15, 0.2) is 97.1 Å². The van der Waals surface area contributed by atoms with E-state index in [1.807, 2.05) is 42.5 Å². The summed E-state index contributed by atoms with van der Waals surface area (Å²) in [7, 11) is 0. The molecule has 0 saturated carbocycles. The molecule has 0 bridgehead atoms. The fourth-order valence-electron chi connectivity index (χ4n) is 3.48. The number of carbonyl (C=O) groups is 3. The zero-order valence-corrected chi connectivity index (χ0v) is 18.8. The third-order valence-corrected chi connectivity index (χ3v) is 5.34. The number of anilines is 1. The third-order valence-electron chi connectivity index (χ3n) is 5.10. The first-order valence-corrected chi connectivity index (χ1v) is 10.9. The highest BCUT2D eigenvalue weighted by Gasteiger charge is 2.16. The average Bonchev–Trinajstić information content (AvgIpc) is 2.87. The molecule has 5 nitrogen and oxygen atoms in total. The molecule has 168 valence electrons. The van der Waals surface area contributed by atoms with E-state index in [-0.39, 0.29) is 17.0 Å². The smallest absolute Gasteiger partial charge is 0.331 e. The summed E-state index contributed by atoms with van der Waals surface area (Å²) in [6, 6.07) is 26.9. The van der Waals surface area contributed by atoms with Crippen molar-refractivity contribution in [1.82, 2.24) is 0 Å². The van der Waals surface area contributed by atoms with E-state index in [1.165, 1.54) is 12.1 Å². The molecule has 1 N–H and O–H groups in total. The molecule has 34 heavy (non-hydrogen) atoms. The van der Waals surface area contributed by atoms with E-state index in [4.69, 9.17) is 16.3 Å². The lowest BCUT2D eigenvalue weighted by Gasteiger charge is -2.11. The quantitative estimate of drug-likeness (QED) is 0.207. The molecule has 4 aromatic rings. The van der Waals surface area contributed by atoms with Crippen LogP contribution in [-0.4, -0.2) is 24.3 Å². The predicted molar refractivity (Wildman–Crippen MR) is 134 cm³/mol. The Morgan fingerprint density at radius 1 is 0.853 bits per heavy atom. The number of ether oxygens (including phenoxy) is 1. The Kier molecular flexibility index (Phi) is 7.16. The maximum Gasteiger partial charge on any atom is 0.331 e. The maximum absolute atomic E-state index is 12.9. The number of hydrogen-bond acceptors (Lipinski definition) is 4. The molecule has 6 heteroatoms. The SMILES string of the molecule is O=C(COC(=O)C=Cc1cccc2ccccc12)Nc1ccc(Cl)cc1C(=O)c1ccccc1. The maximum atomic E-state index is 12.9. The van der Waals surface area contributed by atoms with Crippen LogP contribution >= 0.6 is 11.6 Å². The number of hydrogen-bond donors (Lipinski definition) is 1. The van der Waals surface area contributed by atoms with E-state index < -0.39 is 18.5 Å². The number of carbonyl (C=O) groups excluding carboxylic acids is 3. The van der Waals surface area contributed by atoms with E-state index >= 15 is 0 Å². The van der Waals surface area contributed by atoms with Crippen LogP contribution in [0.2, 0.25) is 5.02 Å². The summed E-state index contributed by atoms with van der Waals surface area (Å²) in [6.07, 6.45) is 2.93. The van der Waals surface area contributed by atoms with Crippen molar-refractivity contribution in [3.8, 4) is 0 Å². The summed E-state index contributed by atoms with van der Waals surface area (Å²) in [5.41, 5.74) is 1.86. The monoisotopic (exact) mass is 469 g/mol. The Morgan fingerprint density at radius 3 is 2.41 bits per heavy atom. The Hall–Kier alpha value is -4.22. The van der Waals surface area contributed by atoms with Gasteiger partial charge in [0.25, 0.3) is 5.91 Å². The molecule has 0 fully saturated rings. The second-order valence-electron chi connectivity index (χ2n) is 7.44. The minimum absolute atomic E-state index is 0.245. The first-order chi connectivity index (χ1) is 16.5. The van der Waals surface area contributed by atoms with E-state index in [0.29, 0.717) is 10.6 Å². The highest BCUT2D eigenvalue weighted by atomic mass is 35.5. The Morgan fingerprint density at radius 2 is 1.59 bits per heavy atom. The number of fused-ring (bicyclic) bond motifs is 1. The van der Waals surface area contributed by atoms with Crippen LogP contribution in [0.4, 0.5) is 5.69 Å². The molecule has 0 radical (unpaired) electrons. The van der Waals surface area contributed by atoms with Gasteiger partial charge in [0.1, 0.15) is 0 Å². The Balaban J connectivity index is 1.40. The lowest BCUT2D eigenvalue weighted by atomic mass is 10.0. The number of halogens is 1. The van der Waals surface area contributed by atoms with E-state index in [9.17, 15) is 14.4 Å². The first kappa shape index (κ1) is 23.0. The molecule has 0 heterocycles. The van der Waals surface area contributed by atoms with Crippen molar-refractivity contribution in [2.75, 3.05) is 11.9 Å². The minimum Gasteiger partial charge on any atom is -0.452 e. The van der Waals surface area contributed by atoms with Gasteiger partial charge in [0, 0.05) is 22.2 Å². The van der Waals surface area contributed by atoms with Gasteiger partial charge in [-0.25, -0.2) is 4.79 Å². The van der Waals surface area contributed by atoms with Crippen LogP contribution in [0.25, 0.3) is 16.8 Å². The highest BCUT2D eigenvalue weighted by molar-refractivity contribution is 6.31. The summed E-state index contributed by atoms with van der Waals surface area (Å²) in [5, 5.41) is 5.05. The van der Waals surface area contributed by atoms with Gasteiger partial charge in [0.15, 0.2) is 12.4 Å². The van der Waals surface area contributed by atoms with Gasteiger partial charge in [0.05, 0.1) is 5.69 Å². The molecular weight excluding hydrogens is 450 g/mol. The van der Waals surface area contributed by atoms with Crippen LogP contribution in [0.3, 0.4) is 0 Å². The van der Waals surface area contributed by atoms with E-state index in [1.54, 1.807) is 48.5 Å². The Bertz CT molecular complexity index is 1390. The fourth-order valence-corrected chi connectivity index (χ4v) is 3.66. The van der Waals surface area contributed by atoms with Crippen molar-refractivity contribution >= 4 is 51.8 Å². The number of amides is 1. The molecule has 0 unspecified atom stereocenters. The average molecular weight is 470 g/mol. The first-order valence-electron chi connectivity index (χ1n) is 10.5. The Labute approximate surface area is 201 Å². The van der Waals surface area contributed by atoms with Crippen molar-refractivity contribution in [2.24, 2.45) is 0 Å². The van der Waals surface area contributed by atoms with Gasteiger partial charge in [-0.3, -0.25) is 9.59 Å². The molecule has 0 aliphatic rings. The molecule has 0 aliphatic heterocycles.